The molecular formula is C19H23FN4. The maximum absolute atomic E-state index is 13.3. The molecule has 1 aromatic carbocycles. The third-order valence-electron chi connectivity index (χ3n) is 4.74. The first-order valence-electron chi connectivity index (χ1n) is 8.42. The van der Waals surface area contributed by atoms with Crippen LogP contribution in [0.1, 0.15) is 37.7 Å². The lowest BCUT2D eigenvalue weighted by Gasteiger charge is -2.36. The molecule has 5 heteroatoms. The predicted molar refractivity (Wildman–Crippen MR) is 95.5 cm³/mol. The van der Waals surface area contributed by atoms with Gasteiger partial charge in [-0.25, -0.2) is 9.37 Å². The van der Waals surface area contributed by atoms with Crippen LogP contribution < -0.4 is 11.1 Å². The Hall–Kier alpha value is -2.43. The highest BCUT2D eigenvalue weighted by Gasteiger charge is 2.33. The SMILES string of the molecule is NC(=NCC1(c2ccc(F)cc2)CCCCC1)Nc1ccccn1. The van der Waals surface area contributed by atoms with E-state index in [4.69, 9.17) is 5.73 Å². The van der Waals surface area contributed by atoms with Crippen LogP contribution in [0, 0.1) is 5.82 Å². The molecule has 1 aromatic heterocycles. The topological polar surface area (TPSA) is 63.3 Å². The van der Waals surface area contributed by atoms with Crippen LogP contribution in [0.15, 0.2) is 53.7 Å². The largest absolute Gasteiger partial charge is 0.370 e. The van der Waals surface area contributed by atoms with E-state index in [1.165, 1.54) is 31.4 Å². The molecule has 0 saturated heterocycles. The van der Waals surface area contributed by atoms with Gasteiger partial charge in [-0.3, -0.25) is 4.99 Å². The van der Waals surface area contributed by atoms with Gasteiger partial charge in [-0.15, -0.1) is 0 Å². The zero-order valence-electron chi connectivity index (χ0n) is 13.7. The molecule has 0 aliphatic heterocycles. The fraction of sp³-hybridized carbons (Fsp3) is 0.368. The molecule has 1 aliphatic rings. The Kier molecular flexibility index (Phi) is 5.08. The van der Waals surface area contributed by atoms with Crippen LogP contribution in [0.4, 0.5) is 10.2 Å². The van der Waals surface area contributed by atoms with E-state index in [9.17, 15) is 4.39 Å². The second-order valence-electron chi connectivity index (χ2n) is 6.39. The normalized spacial score (nSPS) is 17.5. The number of benzene rings is 1. The molecule has 3 rings (SSSR count). The molecule has 4 nitrogen and oxygen atoms in total. The second kappa shape index (κ2) is 7.43. The van der Waals surface area contributed by atoms with Gasteiger partial charge in [-0.2, -0.15) is 0 Å². The summed E-state index contributed by atoms with van der Waals surface area (Å²) in [6.45, 7) is 0.601. The number of hydrogen-bond donors (Lipinski definition) is 2. The van der Waals surface area contributed by atoms with E-state index < -0.39 is 0 Å². The number of aliphatic imine (C=N–C) groups is 1. The minimum atomic E-state index is -0.204. The van der Waals surface area contributed by atoms with Gasteiger partial charge in [0, 0.05) is 11.6 Å². The van der Waals surface area contributed by atoms with Gasteiger partial charge in [0.25, 0.3) is 0 Å². The molecule has 1 saturated carbocycles. The lowest BCUT2D eigenvalue weighted by atomic mass is 9.69. The van der Waals surface area contributed by atoms with Crippen molar-refractivity contribution in [3.8, 4) is 0 Å². The van der Waals surface area contributed by atoms with Gasteiger partial charge in [-0.05, 0) is 42.7 Å². The Morgan fingerprint density at radius 1 is 1.12 bits per heavy atom. The van der Waals surface area contributed by atoms with Crippen LogP contribution in [-0.2, 0) is 5.41 Å². The summed E-state index contributed by atoms with van der Waals surface area (Å²) in [5.74, 6) is 0.837. The van der Waals surface area contributed by atoms with Crippen LogP contribution in [0.5, 0.6) is 0 Å². The lowest BCUT2D eigenvalue weighted by Crippen LogP contribution is -2.34. The van der Waals surface area contributed by atoms with Crippen LogP contribution >= 0.6 is 0 Å². The van der Waals surface area contributed by atoms with Crippen LogP contribution in [0.25, 0.3) is 0 Å². The summed E-state index contributed by atoms with van der Waals surface area (Å²) in [6, 6.07) is 12.4. The summed E-state index contributed by atoms with van der Waals surface area (Å²) >= 11 is 0. The molecule has 3 N–H and O–H groups in total. The maximum atomic E-state index is 13.3. The summed E-state index contributed by atoms with van der Waals surface area (Å²) in [4.78, 5) is 8.75. The zero-order chi connectivity index (χ0) is 16.8. The fourth-order valence-corrected chi connectivity index (χ4v) is 3.41. The highest BCUT2D eigenvalue weighted by molar-refractivity contribution is 5.91. The van der Waals surface area contributed by atoms with Crippen molar-refractivity contribution in [3.05, 3.63) is 60.0 Å². The third kappa shape index (κ3) is 3.91. The number of halogens is 1. The molecule has 0 bridgehead atoms. The van der Waals surface area contributed by atoms with Crippen LogP contribution in [0.2, 0.25) is 0 Å². The van der Waals surface area contributed by atoms with Crippen molar-refractivity contribution in [1.29, 1.82) is 0 Å². The van der Waals surface area contributed by atoms with E-state index in [-0.39, 0.29) is 11.2 Å². The molecule has 1 heterocycles. The van der Waals surface area contributed by atoms with Gasteiger partial charge in [0.05, 0.1) is 6.54 Å². The highest BCUT2D eigenvalue weighted by Crippen LogP contribution is 2.39. The lowest BCUT2D eigenvalue weighted by molar-refractivity contribution is 0.301. The smallest absolute Gasteiger partial charge is 0.194 e. The van der Waals surface area contributed by atoms with E-state index in [2.05, 4.69) is 15.3 Å². The highest BCUT2D eigenvalue weighted by atomic mass is 19.1. The molecular weight excluding hydrogens is 303 g/mol. The molecule has 1 aliphatic carbocycles. The number of anilines is 1. The monoisotopic (exact) mass is 326 g/mol. The Morgan fingerprint density at radius 2 is 1.88 bits per heavy atom. The molecule has 126 valence electrons. The van der Waals surface area contributed by atoms with Crippen molar-refractivity contribution >= 4 is 11.8 Å². The van der Waals surface area contributed by atoms with Crippen molar-refractivity contribution in [2.75, 3.05) is 11.9 Å². The van der Waals surface area contributed by atoms with E-state index in [0.29, 0.717) is 18.3 Å². The summed E-state index contributed by atoms with van der Waals surface area (Å²) in [6.07, 6.45) is 7.39. The molecule has 0 radical (unpaired) electrons. The minimum Gasteiger partial charge on any atom is -0.370 e. The Morgan fingerprint density at radius 3 is 2.54 bits per heavy atom. The van der Waals surface area contributed by atoms with Gasteiger partial charge < -0.3 is 11.1 Å². The van der Waals surface area contributed by atoms with Crippen molar-refractivity contribution in [2.24, 2.45) is 10.7 Å². The third-order valence-corrected chi connectivity index (χ3v) is 4.74. The zero-order valence-corrected chi connectivity index (χ0v) is 13.7. The number of nitrogens with one attached hydrogen (secondary N) is 1. The van der Waals surface area contributed by atoms with E-state index in [0.717, 1.165) is 18.4 Å². The molecule has 0 amide bonds. The van der Waals surface area contributed by atoms with E-state index in [1.807, 2.05) is 30.3 Å². The van der Waals surface area contributed by atoms with Gasteiger partial charge in [0.15, 0.2) is 5.96 Å². The van der Waals surface area contributed by atoms with Crippen molar-refractivity contribution in [1.82, 2.24) is 4.98 Å². The fourth-order valence-electron chi connectivity index (χ4n) is 3.41. The Balaban J connectivity index is 1.77. The van der Waals surface area contributed by atoms with Gasteiger partial charge in [0.1, 0.15) is 11.6 Å². The molecule has 0 atom stereocenters. The van der Waals surface area contributed by atoms with Crippen molar-refractivity contribution in [3.63, 3.8) is 0 Å². The van der Waals surface area contributed by atoms with E-state index in [1.54, 1.807) is 6.20 Å². The summed E-state index contributed by atoms with van der Waals surface area (Å²) < 4.78 is 13.3. The van der Waals surface area contributed by atoms with E-state index >= 15 is 0 Å². The summed E-state index contributed by atoms with van der Waals surface area (Å²) in [7, 11) is 0. The first-order chi connectivity index (χ1) is 11.7. The Labute approximate surface area is 142 Å². The molecule has 24 heavy (non-hydrogen) atoms. The Bertz CT molecular complexity index is 676. The molecule has 1 fully saturated rings. The molecule has 0 unspecified atom stereocenters. The average molecular weight is 326 g/mol. The number of aromatic nitrogens is 1. The quantitative estimate of drug-likeness (QED) is 0.662. The molecule has 0 spiro atoms. The minimum absolute atomic E-state index is 0.0532. The van der Waals surface area contributed by atoms with Gasteiger partial charge in [-0.1, -0.05) is 37.5 Å². The summed E-state index contributed by atoms with van der Waals surface area (Å²) in [5.41, 5.74) is 7.12. The van der Waals surface area contributed by atoms with Gasteiger partial charge >= 0.3 is 0 Å². The number of guanidine groups is 1. The maximum Gasteiger partial charge on any atom is 0.194 e. The first kappa shape index (κ1) is 16.4. The standard InChI is InChI=1S/C19H23FN4/c20-16-9-7-15(8-10-16)19(11-3-1-4-12-19)14-23-18(21)24-17-6-2-5-13-22-17/h2,5-10,13H,1,3-4,11-12,14H2,(H3,21,22,23,24). The number of hydrogen-bond acceptors (Lipinski definition) is 2. The number of nitrogens with two attached hydrogens (primary N) is 1. The number of rotatable bonds is 4. The van der Waals surface area contributed by atoms with Crippen LogP contribution in [0.3, 0.4) is 0 Å². The molecule has 2 aromatic rings. The summed E-state index contributed by atoms with van der Waals surface area (Å²) in [5, 5.41) is 3.02. The van der Waals surface area contributed by atoms with Crippen molar-refractivity contribution < 1.29 is 4.39 Å². The van der Waals surface area contributed by atoms with Gasteiger partial charge in [0.2, 0.25) is 0 Å². The second-order valence-corrected chi connectivity index (χ2v) is 6.39. The van der Waals surface area contributed by atoms with Crippen LogP contribution in [-0.4, -0.2) is 17.5 Å². The predicted octanol–water partition coefficient (Wildman–Crippen LogP) is 3.85. The first-order valence-corrected chi connectivity index (χ1v) is 8.42. The van der Waals surface area contributed by atoms with Crippen molar-refractivity contribution in [2.45, 2.75) is 37.5 Å². The average Bonchev–Trinajstić information content (AvgIpc) is 2.62. The number of nitrogens with zero attached hydrogens (tertiary/aromatic N) is 2. The number of pyridine rings is 1.